The van der Waals surface area contributed by atoms with Crippen molar-refractivity contribution in [3.05, 3.63) is 47.0 Å². The Morgan fingerprint density at radius 2 is 2.07 bits per heavy atom. The van der Waals surface area contributed by atoms with Crippen molar-refractivity contribution in [2.75, 3.05) is 6.54 Å². The minimum absolute atomic E-state index is 0.287. The maximum Gasteiger partial charge on any atom is 0.0533 e. The third kappa shape index (κ3) is 2.93. The quantitative estimate of drug-likeness (QED) is 0.738. The van der Waals surface area contributed by atoms with Crippen molar-refractivity contribution in [3.63, 3.8) is 0 Å². The Hall–Kier alpha value is -1.08. The lowest BCUT2D eigenvalue weighted by Crippen LogP contribution is -2.22. The Kier molecular flexibility index (Phi) is 4.10. The van der Waals surface area contributed by atoms with E-state index in [0.717, 1.165) is 6.54 Å². The average Bonchev–Trinajstić information content (AvgIpc) is 2.18. The van der Waals surface area contributed by atoms with E-state index in [9.17, 15) is 0 Å². The second-order valence-electron chi connectivity index (χ2n) is 4.20. The van der Waals surface area contributed by atoms with Crippen LogP contribution in [-0.4, -0.2) is 6.54 Å². The normalized spacial score (nSPS) is 12.5. The highest BCUT2D eigenvalue weighted by Gasteiger charge is 2.12. The van der Waals surface area contributed by atoms with Gasteiger partial charge in [-0.15, -0.1) is 0 Å². The first-order valence-corrected chi connectivity index (χ1v) is 5.52. The van der Waals surface area contributed by atoms with Gasteiger partial charge >= 0.3 is 0 Å². The molecule has 0 saturated carbocycles. The minimum Gasteiger partial charge on any atom is -0.307 e. The van der Waals surface area contributed by atoms with Crippen LogP contribution < -0.4 is 5.32 Å². The van der Waals surface area contributed by atoms with Crippen LogP contribution >= 0.6 is 0 Å². The molecule has 0 radical (unpaired) electrons. The third-order valence-electron chi connectivity index (χ3n) is 2.65. The largest absolute Gasteiger partial charge is 0.307 e. The Labute approximate surface area is 93.2 Å². The lowest BCUT2D eigenvalue weighted by Gasteiger charge is -2.21. The van der Waals surface area contributed by atoms with Gasteiger partial charge in [0.15, 0.2) is 0 Å². The maximum absolute atomic E-state index is 4.06. The molecule has 1 aromatic rings. The van der Waals surface area contributed by atoms with Gasteiger partial charge in [0.2, 0.25) is 0 Å². The summed E-state index contributed by atoms with van der Waals surface area (Å²) in [6.07, 6.45) is 0. The van der Waals surface area contributed by atoms with Gasteiger partial charge in [-0.25, -0.2) is 0 Å². The molecule has 0 aliphatic carbocycles. The first-order valence-electron chi connectivity index (χ1n) is 5.52. The van der Waals surface area contributed by atoms with Crippen LogP contribution in [0.5, 0.6) is 0 Å². The zero-order valence-electron chi connectivity index (χ0n) is 10.2. The van der Waals surface area contributed by atoms with Gasteiger partial charge in [0.05, 0.1) is 6.04 Å². The van der Waals surface area contributed by atoms with Gasteiger partial charge < -0.3 is 5.32 Å². The Morgan fingerprint density at radius 3 is 2.60 bits per heavy atom. The van der Waals surface area contributed by atoms with Crippen LogP contribution in [0.25, 0.3) is 0 Å². The fourth-order valence-corrected chi connectivity index (χ4v) is 1.82. The van der Waals surface area contributed by atoms with E-state index in [1.165, 1.54) is 22.3 Å². The molecule has 0 aliphatic heterocycles. The number of hydrogen-bond acceptors (Lipinski definition) is 1. The standard InChI is InChI=1S/C14H21N/c1-6-15-14(10(2)3)13-9-11(4)7-8-12(13)5/h7-9,14-15H,2,6H2,1,3-5H3. The number of nitrogens with one attached hydrogen (secondary N) is 1. The highest BCUT2D eigenvalue weighted by molar-refractivity contribution is 5.36. The predicted octanol–water partition coefficient (Wildman–Crippen LogP) is 3.53. The Morgan fingerprint density at radius 1 is 1.40 bits per heavy atom. The number of likely N-dealkylation sites (N-methyl/N-ethyl adjacent to an activating group) is 1. The van der Waals surface area contributed by atoms with Gasteiger partial charge in [0, 0.05) is 0 Å². The fraction of sp³-hybridized carbons (Fsp3) is 0.429. The molecule has 0 bridgehead atoms. The predicted molar refractivity (Wildman–Crippen MR) is 67.1 cm³/mol. The van der Waals surface area contributed by atoms with E-state index < -0.39 is 0 Å². The molecule has 1 N–H and O–H groups in total. The molecule has 0 amide bonds. The third-order valence-corrected chi connectivity index (χ3v) is 2.65. The Bertz CT molecular complexity index is 352. The summed E-state index contributed by atoms with van der Waals surface area (Å²) >= 11 is 0. The van der Waals surface area contributed by atoms with E-state index in [1.807, 2.05) is 0 Å². The Balaban J connectivity index is 3.09. The second kappa shape index (κ2) is 5.13. The van der Waals surface area contributed by atoms with Crippen molar-refractivity contribution < 1.29 is 0 Å². The smallest absolute Gasteiger partial charge is 0.0533 e. The number of rotatable bonds is 4. The van der Waals surface area contributed by atoms with Crippen LogP contribution in [0.2, 0.25) is 0 Å². The minimum atomic E-state index is 0.287. The molecule has 0 heterocycles. The molecule has 0 saturated heterocycles. The van der Waals surface area contributed by atoms with Gasteiger partial charge in [-0.05, 0) is 38.4 Å². The van der Waals surface area contributed by atoms with Crippen LogP contribution in [0.4, 0.5) is 0 Å². The monoisotopic (exact) mass is 203 g/mol. The van der Waals surface area contributed by atoms with Gasteiger partial charge in [0.1, 0.15) is 0 Å². The van der Waals surface area contributed by atoms with Crippen LogP contribution in [0.3, 0.4) is 0 Å². The second-order valence-corrected chi connectivity index (χ2v) is 4.20. The van der Waals surface area contributed by atoms with Crippen LogP contribution in [-0.2, 0) is 0 Å². The van der Waals surface area contributed by atoms with E-state index in [0.29, 0.717) is 0 Å². The molecule has 1 nitrogen and oxygen atoms in total. The molecule has 0 aromatic heterocycles. The van der Waals surface area contributed by atoms with Crippen LogP contribution in [0.1, 0.15) is 36.6 Å². The highest BCUT2D eigenvalue weighted by Crippen LogP contribution is 2.24. The van der Waals surface area contributed by atoms with Gasteiger partial charge in [-0.2, -0.15) is 0 Å². The highest BCUT2D eigenvalue weighted by atomic mass is 14.9. The van der Waals surface area contributed by atoms with E-state index in [-0.39, 0.29) is 6.04 Å². The summed E-state index contributed by atoms with van der Waals surface area (Å²) in [5.74, 6) is 0. The van der Waals surface area contributed by atoms with Crippen molar-refractivity contribution in [2.24, 2.45) is 0 Å². The summed E-state index contributed by atoms with van der Waals surface area (Å²) in [5.41, 5.74) is 5.16. The zero-order valence-corrected chi connectivity index (χ0v) is 10.2. The van der Waals surface area contributed by atoms with E-state index in [4.69, 9.17) is 0 Å². The van der Waals surface area contributed by atoms with E-state index >= 15 is 0 Å². The number of hydrogen-bond donors (Lipinski definition) is 1. The summed E-state index contributed by atoms with van der Waals surface area (Å²) < 4.78 is 0. The molecular formula is C14H21N. The summed E-state index contributed by atoms with van der Waals surface area (Å²) in [4.78, 5) is 0. The van der Waals surface area contributed by atoms with Gasteiger partial charge in [-0.1, -0.05) is 42.8 Å². The van der Waals surface area contributed by atoms with Gasteiger partial charge in [0.25, 0.3) is 0 Å². The summed E-state index contributed by atoms with van der Waals surface area (Å²) in [7, 11) is 0. The summed E-state index contributed by atoms with van der Waals surface area (Å²) in [6, 6.07) is 6.87. The van der Waals surface area contributed by atoms with E-state index in [2.05, 4.69) is 57.8 Å². The molecule has 1 unspecified atom stereocenters. The van der Waals surface area contributed by atoms with Gasteiger partial charge in [-0.3, -0.25) is 0 Å². The molecule has 1 aromatic carbocycles. The molecule has 15 heavy (non-hydrogen) atoms. The molecule has 0 aliphatic rings. The first-order chi connectivity index (χ1) is 7.06. The molecule has 1 rings (SSSR count). The molecule has 1 atom stereocenters. The van der Waals surface area contributed by atoms with E-state index in [1.54, 1.807) is 0 Å². The zero-order chi connectivity index (χ0) is 11.4. The molecule has 82 valence electrons. The number of benzene rings is 1. The maximum atomic E-state index is 4.06. The summed E-state index contributed by atoms with van der Waals surface area (Å²) in [6.45, 7) is 13.5. The molecule has 0 spiro atoms. The number of aryl methyl sites for hydroxylation is 2. The lowest BCUT2D eigenvalue weighted by atomic mass is 9.95. The van der Waals surface area contributed by atoms with Crippen LogP contribution in [0, 0.1) is 13.8 Å². The average molecular weight is 203 g/mol. The topological polar surface area (TPSA) is 12.0 Å². The SMILES string of the molecule is C=C(C)C(NCC)c1cc(C)ccc1C. The van der Waals surface area contributed by atoms with Crippen molar-refractivity contribution in [2.45, 2.75) is 33.7 Å². The van der Waals surface area contributed by atoms with Crippen molar-refractivity contribution in [1.29, 1.82) is 0 Å². The van der Waals surface area contributed by atoms with Crippen molar-refractivity contribution in [1.82, 2.24) is 5.32 Å². The first kappa shape index (κ1) is 12.0. The van der Waals surface area contributed by atoms with Crippen molar-refractivity contribution >= 4 is 0 Å². The molecular weight excluding hydrogens is 182 g/mol. The van der Waals surface area contributed by atoms with Crippen LogP contribution in [0.15, 0.2) is 30.4 Å². The lowest BCUT2D eigenvalue weighted by molar-refractivity contribution is 0.618. The fourth-order valence-electron chi connectivity index (χ4n) is 1.82. The molecule has 1 heteroatoms. The van der Waals surface area contributed by atoms with Crippen molar-refractivity contribution in [3.8, 4) is 0 Å². The molecule has 0 fully saturated rings. The summed E-state index contributed by atoms with van der Waals surface area (Å²) in [5, 5.41) is 3.47.